The van der Waals surface area contributed by atoms with Crippen LogP contribution in [-0.4, -0.2) is 36.9 Å². The Morgan fingerprint density at radius 2 is 2.00 bits per heavy atom. The van der Waals surface area contributed by atoms with Gasteiger partial charge in [0.2, 0.25) is 0 Å². The molecule has 1 fully saturated rings. The van der Waals surface area contributed by atoms with Crippen LogP contribution in [0, 0.1) is 13.8 Å². The largest absolute Gasteiger partial charge is 0.396 e. The second kappa shape index (κ2) is 6.40. The number of hydrogen-bond donors (Lipinski definition) is 2. The third kappa shape index (κ3) is 3.28. The third-order valence-corrected chi connectivity index (χ3v) is 4.13. The third-order valence-electron chi connectivity index (χ3n) is 4.13. The van der Waals surface area contributed by atoms with Gasteiger partial charge in [0.1, 0.15) is 0 Å². The lowest BCUT2D eigenvalue weighted by Crippen LogP contribution is -2.41. The van der Waals surface area contributed by atoms with Crippen molar-refractivity contribution in [2.45, 2.75) is 45.7 Å². The highest BCUT2D eigenvalue weighted by Gasteiger charge is 2.25. The fraction of sp³-hybridized carbons (Fsp3) is 0.625. The van der Waals surface area contributed by atoms with E-state index in [1.165, 1.54) is 16.8 Å². The van der Waals surface area contributed by atoms with Gasteiger partial charge < -0.3 is 15.3 Å². The number of aliphatic hydroxyl groups excluding tert-OH is 1. The molecule has 3 nitrogen and oxygen atoms in total. The molecule has 0 amide bonds. The van der Waals surface area contributed by atoms with E-state index in [0.717, 1.165) is 25.9 Å². The number of para-hydroxylation sites is 1. The Morgan fingerprint density at radius 3 is 2.63 bits per heavy atom. The highest BCUT2D eigenvalue weighted by molar-refractivity contribution is 5.59. The molecular weight excluding hydrogens is 236 g/mol. The Labute approximate surface area is 116 Å². The normalized spacial score (nSPS) is 24.3. The van der Waals surface area contributed by atoms with Gasteiger partial charge in [-0.05, 0) is 44.7 Å². The summed E-state index contributed by atoms with van der Waals surface area (Å²) in [5, 5.41) is 12.9. The van der Waals surface area contributed by atoms with Crippen molar-refractivity contribution in [3.63, 3.8) is 0 Å². The van der Waals surface area contributed by atoms with Gasteiger partial charge >= 0.3 is 0 Å². The Morgan fingerprint density at radius 1 is 1.32 bits per heavy atom. The second-order valence-corrected chi connectivity index (χ2v) is 5.70. The van der Waals surface area contributed by atoms with E-state index in [2.05, 4.69) is 49.2 Å². The first-order valence-electron chi connectivity index (χ1n) is 7.30. The quantitative estimate of drug-likeness (QED) is 0.877. The molecule has 106 valence electrons. The first kappa shape index (κ1) is 14.4. The number of aryl methyl sites for hydroxylation is 2. The summed E-state index contributed by atoms with van der Waals surface area (Å²) in [6.45, 7) is 8.87. The molecule has 2 unspecified atom stereocenters. The fourth-order valence-electron chi connectivity index (χ4n) is 3.02. The molecule has 1 aliphatic heterocycles. The van der Waals surface area contributed by atoms with Crippen LogP contribution >= 0.6 is 0 Å². The minimum atomic E-state index is 0.252. The molecule has 1 aliphatic rings. The highest BCUT2D eigenvalue weighted by atomic mass is 16.3. The average Bonchev–Trinajstić information content (AvgIpc) is 2.54. The maximum atomic E-state index is 9.33. The van der Waals surface area contributed by atoms with Crippen molar-refractivity contribution in [3.8, 4) is 0 Å². The van der Waals surface area contributed by atoms with Crippen LogP contribution in [0.5, 0.6) is 0 Å². The van der Waals surface area contributed by atoms with E-state index in [0.29, 0.717) is 12.1 Å². The predicted molar refractivity (Wildman–Crippen MR) is 80.8 cm³/mol. The molecule has 2 rings (SSSR count). The number of nitrogens with one attached hydrogen (secondary N) is 1. The summed E-state index contributed by atoms with van der Waals surface area (Å²) in [4.78, 5) is 2.50. The van der Waals surface area contributed by atoms with Gasteiger partial charge in [-0.3, -0.25) is 0 Å². The predicted octanol–water partition coefficient (Wildman–Crippen LogP) is 2.24. The van der Waals surface area contributed by atoms with Crippen LogP contribution in [0.1, 0.15) is 30.9 Å². The van der Waals surface area contributed by atoms with Crippen LogP contribution in [0.2, 0.25) is 0 Å². The van der Waals surface area contributed by atoms with Crippen LogP contribution in [0.25, 0.3) is 0 Å². The molecule has 0 aromatic heterocycles. The highest BCUT2D eigenvalue weighted by Crippen LogP contribution is 2.28. The van der Waals surface area contributed by atoms with Crippen LogP contribution in [0.4, 0.5) is 5.69 Å². The monoisotopic (exact) mass is 262 g/mol. The summed E-state index contributed by atoms with van der Waals surface area (Å²) in [6, 6.07) is 7.42. The van der Waals surface area contributed by atoms with E-state index >= 15 is 0 Å². The molecule has 0 bridgehead atoms. The van der Waals surface area contributed by atoms with Gasteiger partial charge in [-0.15, -0.1) is 0 Å². The minimum Gasteiger partial charge on any atom is -0.396 e. The van der Waals surface area contributed by atoms with Crippen LogP contribution < -0.4 is 10.2 Å². The number of hydrogen-bond acceptors (Lipinski definition) is 3. The fourth-order valence-corrected chi connectivity index (χ4v) is 3.02. The molecule has 1 aromatic carbocycles. The Kier molecular flexibility index (Phi) is 4.83. The SMILES string of the molecule is Cc1cccc(C)c1N1CCC(C)NCC1CCO. The van der Waals surface area contributed by atoms with E-state index in [1.54, 1.807) is 0 Å². The Balaban J connectivity index is 2.32. The Hall–Kier alpha value is -1.06. The van der Waals surface area contributed by atoms with Gasteiger partial charge in [0.05, 0.1) is 0 Å². The smallest absolute Gasteiger partial charge is 0.0451 e. The van der Waals surface area contributed by atoms with E-state index in [1.807, 2.05) is 0 Å². The van der Waals surface area contributed by atoms with Crippen molar-refractivity contribution in [1.82, 2.24) is 5.32 Å². The van der Waals surface area contributed by atoms with Crippen molar-refractivity contribution >= 4 is 5.69 Å². The lowest BCUT2D eigenvalue weighted by atomic mass is 10.0. The first-order chi connectivity index (χ1) is 9.13. The molecule has 0 spiro atoms. The zero-order valence-electron chi connectivity index (χ0n) is 12.3. The molecule has 2 N–H and O–H groups in total. The van der Waals surface area contributed by atoms with Crippen molar-refractivity contribution in [2.75, 3.05) is 24.6 Å². The molecule has 1 heterocycles. The van der Waals surface area contributed by atoms with Crippen molar-refractivity contribution in [1.29, 1.82) is 0 Å². The summed E-state index contributed by atoms with van der Waals surface area (Å²) in [5.74, 6) is 0. The number of aliphatic hydroxyl groups is 1. The van der Waals surface area contributed by atoms with E-state index in [-0.39, 0.29) is 6.61 Å². The summed E-state index contributed by atoms with van der Waals surface area (Å²) >= 11 is 0. The second-order valence-electron chi connectivity index (χ2n) is 5.70. The summed E-state index contributed by atoms with van der Waals surface area (Å²) in [6.07, 6.45) is 1.98. The number of rotatable bonds is 3. The van der Waals surface area contributed by atoms with E-state index in [4.69, 9.17) is 0 Å². The molecule has 19 heavy (non-hydrogen) atoms. The summed E-state index contributed by atoms with van der Waals surface area (Å²) < 4.78 is 0. The molecule has 0 radical (unpaired) electrons. The number of benzene rings is 1. The lowest BCUT2D eigenvalue weighted by Gasteiger charge is -2.34. The first-order valence-corrected chi connectivity index (χ1v) is 7.30. The lowest BCUT2D eigenvalue weighted by molar-refractivity contribution is 0.272. The van der Waals surface area contributed by atoms with Gasteiger partial charge in [0, 0.05) is 37.5 Å². The van der Waals surface area contributed by atoms with Gasteiger partial charge in [0.15, 0.2) is 0 Å². The Bertz CT molecular complexity index is 399. The zero-order chi connectivity index (χ0) is 13.8. The zero-order valence-corrected chi connectivity index (χ0v) is 12.3. The van der Waals surface area contributed by atoms with Gasteiger partial charge in [-0.25, -0.2) is 0 Å². The topological polar surface area (TPSA) is 35.5 Å². The molecule has 3 heteroatoms. The molecule has 2 atom stereocenters. The average molecular weight is 262 g/mol. The summed E-state index contributed by atoms with van der Waals surface area (Å²) in [5.41, 5.74) is 4.02. The van der Waals surface area contributed by atoms with Crippen molar-refractivity contribution in [3.05, 3.63) is 29.3 Å². The van der Waals surface area contributed by atoms with Gasteiger partial charge in [0.25, 0.3) is 0 Å². The molecule has 1 aromatic rings. The number of nitrogens with zero attached hydrogens (tertiary/aromatic N) is 1. The number of anilines is 1. The van der Waals surface area contributed by atoms with Gasteiger partial charge in [-0.2, -0.15) is 0 Å². The van der Waals surface area contributed by atoms with Crippen molar-refractivity contribution in [2.24, 2.45) is 0 Å². The van der Waals surface area contributed by atoms with E-state index in [9.17, 15) is 5.11 Å². The minimum absolute atomic E-state index is 0.252. The molecule has 0 aliphatic carbocycles. The van der Waals surface area contributed by atoms with Crippen LogP contribution in [-0.2, 0) is 0 Å². The van der Waals surface area contributed by atoms with E-state index < -0.39 is 0 Å². The van der Waals surface area contributed by atoms with Crippen molar-refractivity contribution < 1.29 is 5.11 Å². The van der Waals surface area contributed by atoms with Gasteiger partial charge in [-0.1, -0.05) is 18.2 Å². The standard InChI is InChI=1S/C16H26N2O/c1-12-5-4-6-13(2)16(12)18-9-7-14(3)17-11-15(18)8-10-19/h4-6,14-15,17,19H,7-11H2,1-3H3. The van der Waals surface area contributed by atoms with Crippen LogP contribution in [0.15, 0.2) is 18.2 Å². The molecular formula is C16H26N2O. The summed E-state index contributed by atoms with van der Waals surface area (Å²) in [7, 11) is 0. The molecule has 0 saturated carbocycles. The van der Waals surface area contributed by atoms with Crippen LogP contribution in [0.3, 0.4) is 0 Å². The maximum absolute atomic E-state index is 9.33. The maximum Gasteiger partial charge on any atom is 0.0451 e. The molecule has 1 saturated heterocycles.